The van der Waals surface area contributed by atoms with E-state index in [1.165, 1.54) is 0 Å². The highest BCUT2D eigenvalue weighted by atomic mass is 16.5. The molecule has 0 atom stereocenters. The van der Waals surface area contributed by atoms with Crippen LogP contribution in [0.2, 0.25) is 0 Å². The third-order valence-corrected chi connectivity index (χ3v) is 1.26. The van der Waals surface area contributed by atoms with Crippen molar-refractivity contribution in [2.45, 2.75) is 26.9 Å². The van der Waals surface area contributed by atoms with Gasteiger partial charge < -0.3 is 4.74 Å². The molecule has 0 radical (unpaired) electrons. The van der Waals surface area contributed by atoms with Crippen LogP contribution in [0, 0.1) is 6.92 Å². The molecule has 0 saturated heterocycles. The molecule has 0 N–H and O–H groups in total. The molecule has 1 aromatic rings. The first-order valence-corrected chi connectivity index (χ1v) is 4.18. The van der Waals surface area contributed by atoms with E-state index in [4.69, 9.17) is 14.3 Å². The van der Waals surface area contributed by atoms with E-state index in [9.17, 15) is 0 Å². The van der Waals surface area contributed by atoms with Gasteiger partial charge in [-0.3, -0.25) is 4.98 Å². The number of hydrogen-bond acceptors (Lipinski definition) is 4. The number of carbonyl (C=O) groups excluding carboxylic acids is 2. The maximum absolute atomic E-state index is 8.12. The fourth-order valence-electron chi connectivity index (χ4n) is 0.796. The van der Waals surface area contributed by atoms with Crippen LogP contribution in [0.1, 0.15) is 19.5 Å². The molecule has 0 aliphatic heterocycles. The molecule has 0 amide bonds. The van der Waals surface area contributed by atoms with Crippen LogP contribution in [0.3, 0.4) is 0 Å². The second-order valence-electron chi connectivity index (χ2n) is 2.89. The van der Waals surface area contributed by atoms with Gasteiger partial charge in [0.1, 0.15) is 5.75 Å². The molecule has 0 spiro atoms. The van der Waals surface area contributed by atoms with E-state index in [1.807, 2.05) is 32.9 Å². The summed E-state index contributed by atoms with van der Waals surface area (Å²) >= 11 is 0. The average Bonchev–Trinajstić information content (AvgIpc) is 2.09. The zero-order valence-corrected chi connectivity index (χ0v) is 8.48. The van der Waals surface area contributed by atoms with Gasteiger partial charge in [0.2, 0.25) is 0 Å². The number of ether oxygens (including phenoxy) is 1. The summed E-state index contributed by atoms with van der Waals surface area (Å²) in [5, 5.41) is 0. The van der Waals surface area contributed by atoms with Crippen molar-refractivity contribution in [2.75, 3.05) is 0 Å². The van der Waals surface area contributed by atoms with E-state index in [0.29, 0.717) is 0 Å². The first-order chi connectivity index (χ1) is 6.60. The van der Waals surface area contributed by atoms with Crippen LogP contribution in [-0.4, -0.2) is 17.2 Å². The van der Waals surface area contributed by atoms with Crippen LogP contribution in [0.15, 0.2) is 18.3 Å². The zero-order chi connectivity index (χ0) is 11.0. The summed E-state index contributed by atoms with van der Waals surface area (Å²) in [5.41, 5.74) is 1.01. The first kappa shape index (κ1) is 12.3. The maximum atomic E-state index is 8.12. The number of aromatic nitrogens is 1. The summed E-state index contributed by atoms with van der Waals surface area (Å²) < 4.78 is 5.41. The summed E-state index contributed by atoms with van der Waals surface area (Å²) in [6, 6.07) is 3.88. The molecular weight excluding hydrogens is 182 g/mol. The van der Waals surface area contributed by atoms with Crippen molar-refractivity contribution in [2.24, 2.45) is 0 Å². The lowest BCUT2D eigenvalue weighted by atomic mass is 10.3. The van der Waals surface area contributed by atoms with Crippen molar-refractivity contribution in [1.82, 2.24) is 4.98 Å². The van der Waals surface area contributed by atoms with E-state index in [0.717, 1.165) is 11.4 Å². The first-order valence-electron chi connectivity index (χ1n) is 4.18. The number of nitrogens with zero attached hydrogens (tertiary/aromatic N) is 1. The Morgan fingerprint density at radius 3 is 2.29 bits per heavy atom. The SMILES string of the molecule is Cc1ccc(OC(C)C)cn1.O=C=O. The zero-order valence-electron chi connectivity index (χ0n) is 8.48. The van der Waals surface area contributed by atoms with Crippen LogP contribution in [0.5, 0.6) is 5.75 Å². The standard InChI is InChI=1S/C9H13NO.CO2/c1-7(2)11-9-5-4-8(3)10-6-9;2-1-3/h4-7H,1-3H3;. The van der Waals surface area contributed by atoms with E-state index in [2.05, 4.69) is 4.98 Å². The van der Waals surface area contributed by atoms with Gasteiger partial charge in [0.05, 0.1) is 12.3 Å². The van der Waals surface area contributed by atoms with Crippen molar-refractivity contribution in [1.29, 1.82) is 0 Å². The van der Waals surface area contributed by atoms with Gasteiger partial charge in [-0.15, -0.1) is 0 Å². The monoisotopic (exact) mass is 195 g/mol. The second-order valence-corrected chi connectivity index (χ2v) is 2.89. The summed E-state index contributed by atoms with van der Waals surface area (Å²) in [7, 11) is 0. The summed E-state index contributed by atoms with van der Waals surface area (Å²) in [6.45, 7) is 5.96. The van der Waals surface area contributed by atoms with E-state index in [1.54, 1.807) is 6.20 Å². The van der Waals surface area contributed by atoms with Gasteiger partial charge in [-0.25, -0.2) is 0 Å². The summed E-state index contributed by atoms with van der Waals surface area (Å²) in [4.78, 5) is 20.4. The lowest BCUT2D eigenvalue weighted by Crippen LogP contribution is -2.05. The highest BCUT2D eigenvalue weighted by Crippen LogP contribution is 2.09. The maximum Gasteiger partial charge on any atom is 0.373 e. The molecule has 14 heavy (non-hydrogen) atoms. The van der Waals surface area contributed by atoms with Gasteiger partial charge >= 0.3 is 6.15 Å². The summed E-state index contributed by atoms with van der Waals surface area (Å²) in [5.74, 6) is 0.839. The van der Waals surface area contributed by atoms with Crippen molar-refractivity contribution in [3.63, 3.8) is 0 Å². The van der Waals surface area contributed by atoms with Gasteiger partial charge in [0, 0.05) is 5.69 Å². The lowest BCUT2D eigenvalue weighted by Gasteiger charge is -2.08. The Hall–Kier alpha value is -1.67. The average molecular weight is 195 g/mol. The summed E-state index contributed by atoms with van der Waals surface area (Å²) in [6.07, 6.45) is 2.22. The molecule has 0 bridgehead atoms. The molecule has 1 rings (SSSR count). The van der Waals surface area contributed by atoms with Crippen LogP contribution in [-0.2, 0) is 9.59 Å². The predicted molar refractivity (Wildman–Crippen MR) is 49.7 cm³/mol. The predicted octanol–water partition coefficient (Wildman–Crippen LogP) is 1.59. The van der Waals surface area contributed by atoms with Crippen LogP contribution in [0.4, 0.5) is 0 Å². The van der Waals surface area contributed by atoms with Gasteiger partial charge in [-0.1, -0.05) is 0 Å². The minimum atomic E-state index is 0.222. The van der Waals surface area contributed by atoms with Crippen molar-refractivity contribution < 1.29 is 14.3 Å². The van der Waals surface area contributed by atoms with Crippen LogP contribution >= 0.6 is 0 Å². The van der Waals surface area contributed by atoms with Gasteiger partial charge in [0.25, 0.3) is 0 Å². The molecular formula is C10H13NO3. The Balaban J connectivity index is 0.000000500. The molecule has 0 aliphatic rings. The van der Waals surface area contributed by atoms with Crippen molar-refractivity contribution in [3.05, 3.63) is 24.0 Å². The van der Waals surface area contributed by atoms with Gasteiger partial charge in [0.15, 0.2) is 0 Å². The Morgan fingerprint density at radius 1 is 1.36 bits per heavy atom. The third-order valence-electron chi connectivity index (χ3n) is 1.26. The molecule has 1 aromatic heterocycles. The Kier molecular flexibility index (Phi) is 5.99. The fraction of sp³-hybridized carbons (Fsp3) is 0.400. The van der Waals surface area contributed by atoms with E-state index in [-0.39, 0.29) is 12.3 Å². The van der Waals surface area contributed by atoms with Crippen molar-refractivity contribution in [3.8, 4) is 5.75 Å². The molecule has 0 aromatic carbocycles. The topological polar surface area (TPSA) is 56.3 Å². The molecule has 76 valence electrons. The molecule has 0 fully saturated rings. The third kappa shape index (κ3) is 5.91. The van der Waals surface area contributed by atoms with Gasteiger partial charge in [-0.2, -0.15) is 9.59 Å². The minimum Gasteiger partial charge on any atom is -0.489 e. The molecule has 1 heterocycles. The second kappa shape index (κ2) is 6.80. The lowest BCUT2D eigenvalue weighted by molar-refractivity contribution is -0.191. The quantitative estimate of drug-likeness (QED) is 0.719. The number of rotatable bonds is 2. The Bertz CT molecular complexity index is 287. The largest absolute Gasteiger partial charge is 0.489 e. The molecule has 0 unspecified atom stereocenters. The van der Waals surface area contributed by atoms with Gasteiger partial charge in [-0.05, 0) is 32.9 Å². The Morgan fingerprint density at radius 2 is 1.93 bits per heavy atom. The van der Waals surface area contributed by atoms with E-state index >= 15 is 0 Å². The van der Waals surface area contributed by atoms with Crippen LogP contribution in [0.25, 0.3) is 0 Å². The number of pyridine rings is 1. The van der Waals surface area contributed by atoms with Crippen LogP contribution < -0.4 is 4.74 Å². The molecule has 4 nitrogen and oxygen atoms in total. The Labute approximate surface area is 82.9 Å². The molecule has 0 saturated carbocycles. The van der Waals surface area contributed by atoms with Crippen molar-refractivity contribution >= 4 is 6.15 Å². The highest BCUT2D eigenvalue weighted by molar-refractivity contribution is 5.20. The molecule has 4 heteroatoms. The minimum absolute atomic E-state index is 0.222. The normalized spacial score (nSPS) is 8.57. The number of hydrogen-bond donors (Lipinski definition) is 0. The smallest absolute Gasteiger partial charge is 0.373 e. The molecule has 0 aliphatic carbocycles. The number of aryl methyl sites for hydroxylation is 1. The fourth-order valence-corrected chi connectivity index (χ4v) is 0.796. The highest BCUT2D eigenvalue weighted by Gasteiger charge is 1.95. The van der Waals surface area contributed by atoms with E-state index < -0.39 is 0 Å².